The Labute approximate surface area is 110 Å². The lowest BCUT2D eigenvalue weighted by Crippen LogP contribution is -2.30. The van der Waals surface area contributed by atoms with Gasteiger partial charge in [-0.3, -0.25) is 4.79 Å². The highest BCUT2D eigenvalue weighted by Crippen LogP contribution is 2.25. The number of hydrogen-bond donors (Lipinski definition) is 1. The van der Waals surface area contributed by atoms with Gasteiger partial charge in [0.2, 0.25) is 0 Å². The molecule has 0 saturated carbocycles. The number of nitrogens with two attached hydrogens (primary N) is 1. The smallest absolute Gasteiger partial charge is 0.263 e. The van der Waals surface area contributed by atoms with Gasteiger partial charge >= 0.3 is 0 Å². The quantitative estimate of drug-likeness (QED) is 0.833. The fraction of sp³-hybridized carbons (Fsp3) is 0.333. The van der Waals surface area contributed by atoms with Gasteiger partial charge in [0.15, 0.2) is 6.10 Å². The molecule has 0 bridgehead atoms. The number of nitrogens with zero attached hydrogens (tertiary/aromatic N) is 1. The molecular formula is C12H13FN2O2S. The molecule has 0 radical (unpaired) electrons. The minimum absolute atomic E-state index is 0.0508. The number of hydrogen-bond acceptors (Lipinski definition) is 3. The van der Waals surface area contributed by atoms with Gasteiger partial charge in [-0.25, -0.2) is 4.39 Å². The molecule has 1 unspecified atom stereocenters. The molecule has 1 aliphatic rings. The molecule has 2 rings (SSSR count). The van der Waals surface area contributed by atoms with Gasteiger partial charge in [0.25, 0.3) is 5.91 Å². The first kappa shape index (κ1) is 12.8. The molecule has 0 aromatic heterocycles. The SMILES string of the molecule is CN1CCC(Oc2cccc(F)c2C(N)=S)C1=O. The number of likely N-dealkylation sites (N-methyl/N-ethyl adjacent to an activating group) is 1. The normalized spacial score (nSPS) is 19.1. The topological polar surface area (TPSA) is 55.6 Å². The van der Waals surface area contributed by atoms with Crippen molar-refractivity contribution < 1.29 is 13.9 Å². The molecule has 18 heavy (non-hydrogen) atoms. The summed E-state index contributed by atoms with van der Waals surface area (Å²) in [7, 11) is 1.70. The summed E-state index contributed by atoms with van der Waals surface area (Å²) < 4.78 is 19.1. The number of carbonyl (C=O) groups excluding carboxylic acids is 1. The summed E-state index contributed by atoms with van der Waals surface area (Å²) in [4.78, 5) is 13.2. The first-order chi connectivity index (χ1) is 8.50. The molecule has 1 heterocycles. The van der Waals surface area contributed by atoms with Crippen LogP contribution in [0.3, 0.4) is 0 Å². The van der Waals surface area contributed by atoms with Gasteiger partial charge in [-0.2, -0.15) is 0 Å². The van der Waals surface area contributed by atoms with Crippen molar-refractivity contribution in [3.63, 3.8) is 0 Å². The molecule has 96 valence electrons. The highest BCUT2D eigenvalue weighted by molar-refractivity contribution is 7.80. The minimum atomic E-state index is -0.593. The maximum Gasteiger partial charge on any atom is 0.263 e. The number of amides is 1. The van der Waals surface area contributed by atoms with Gasteiger partial charge < -0.3 is 15.4 Å². The van der Waals surface area contributed by atoms with E-state index in [1.807, 2.05) is 0 Å². The Balaban J connectivity index is 2.27. The van der Waals surface area contributed by atoms with E-state index in [0.717, 1.165) is 0 Å². The lowest BCUT2D eigenvalue weighted by atomic mass is 10.2. The summed E-state index contributed by atoms with van der Waals surface area (Å²) in [5.41, 5.74) is 5.52. The number of carbonyl (C=O) groups is 1. The van der Waals surface area contributed by atoms with Crippen LogP contribution in [0.15, 0.2) is 18.2 Å². The van der Waals surface area contributed by atoms with Crippen molar-refractivity contribution in [1.29, 1.82) is 0 Å². The number of likely N-dealkylation sites (tertiary alicyclic amines) is 1. The van der Waals surface area contributed by atoms with Crippen LogP contribution in [0.25, 0.3) is 0 Å². The van der Waals surface area contributed by atoms with E-state index in [1.54, 1.807) is 18.0 Å². The Morgan fingerprint density at radius 3 is 2.89 bits per heavy atom. The van der Waals surface area contributed by atoms with Crippen molar-refractivity contribution >= 4 is 23.1 Å². The molecule has 1 saturated heterocycles. The highest BCUT2D eigenvalue weighted by atomic mass is 32.1. The monoisotopic (exact) mass is 268 g/mol. The third-order valence-electron chi connectivity index (χ3n) is 2.87. The second-order valence-electron chi connectivity index (χ2n) is 4.13. The molecular weight excluding hydrogens is 255 g/mol. The summed E-state index contributed by atoms with van der Waals surface area (Å²) in [6.07, 6.45) is -0.0206. The van der Waals surface area contributed by atoms with Crippen LogP contribution in [-0.4, -0.2) is 35.5 Å². The standard InChI is InChI=1S/C12H13FN2O2S/c1-15-6-5-9(12(15)16)17-8-4-2-3-7(13)10(8)11(14)18/h2-4,9H,5-6H2,1H3,(H2,14,18). The summed E-state index contributed by atoms with van der Waals surface area (Å²) in [5.74, 6) is -0.442. The Morgan fingerprint density at radius 2 is 2.33 bits per heavy atom. The Morgan fingerprint density at radius 1 is 1.61 bits per heavy atom. The number of rotatable bonds is 3. The molecule has 6 heteroatoms. The first-order valence-electron chi connectivity index (χ1n) is 5.50. The third kappa shape index (κ3) is 2.28. The van der Waals surface area contributed by atoms with E-state index in [0.29, 0.717) is 13.0 Å². The average Bonchev–Trinajstić information content (AvgIpc) is 2.60. The fourth-order valence-corrected chi connectivity index (χ4v) is 2.09. The van der Waals surface area contributed by atoms with Crippen LogP contribution in [0.4, 0.5) is 4.39 Å². The molecule has 2 N–H and O–H groups in total. The van der Waals surface area contributed by atoms with E-state index in [2.05, 4.69) is 0 Å². The van der Waals surface area contributed by atoms with Crippen molar-refractivity contribution in [2.75, 3.05) is 13.6 Å². The molecule has 1 aliphatic heterocycles. The summed E-state index contributed by atoms with van der Waals surface area (Å²) in [5, 5.41) is 0. The second kappa shape index (κ2) is 4.89. The van der Waals surface area contributed by atoms with E-state index in [-0.39, 0.29) is 22.2 Å². The lowest BCUT2D eigenvalue weighted by molar-refractivity contribution is -0.132. The zero-order valence-corrected chi connectivity index (χ0v) is 10.7. The summed E-state index contributed by atoms with van der Waals surface area (Å²) in [6, 6.07) is 4.31. The maximum absolute atomic E-state index is 13.6. The molecule has 1 amide bonds. The summed E-state index contributed by atoms with van der Waals surface area (Å²) in [6.45, 7) is 0.626. The first-order valence-corrected chi connectivity index (χ1v) is 5.91. The van der Waals surface area contributed by atoms with E-state index in [4.69, 9.17) is 22.7 Å². The van der Waals surface area contributed by atoms with Crippen molar-refractivity contribution in [3.8, 4) is 5.75 Å². The number of ether oxygens (including phenoxy) is 1. The van der Waals surface area contributed by atoms with Gasteiger partial charge in [-0.05, 0) is 12.1 Å². The predicted octanol–water partition coefficient (Wildman–Crippen LogP) is 1.07. The maximum atomic E-state index is 13.6. The van der Waals surface area contributed by atoms with E-state index in [9.17, 15) is 9.18 Å². The second-order valence-corrected chi connectivity index (χ2v) is 4.57. The lowest BCUT2D eigenvalue weighted by Gasteiger charge is -2.15. The third-order valence-corrected chi connectivity index (χ3v) is 3.07. The van der Waals surface area contributed by atoms with E-state index in [1.165, 1.54) is 12.1 Å². The van der Waals surface area contributed by atoms with E-state index < -0.39 is 11.9 Å². The molecule has 1 atom stereocenters. The number of thiocarbonyl (C=S) groups is 1. The van der Waals surface area contributed by atoms with Gasteiger partial charge in [-0.15, -0.1) is 0 Å². The highest BCUT2D eigenvalue weighted by Gasteiger charge is 2.31. The zero-order chi connectivity index (χ0) is 13.3. The van der Waals surface area contributed by atoms with Crippen LogP contribution in [0.5, 0.6) is 5.75 Å². The minimum Gasteiger partial charge on any atom is -0.480 e. The zero-order valence-electron chi connectivity index (χ0n) is 9.85. The largest absolute Gasteiger partial charge is 0.480 e. The van der Waals surface area contributed by atoms with Crippen LogP contribution in [0, 0.1) is 5.82 Å². The molecule has 1 aromatic carbocycles. The van der Waals surface area contributed by atoms with Crippen LogP contribution < -0.4 is 10.5 Å². The van der Waals surface area contributed by atoms with Gasteiger partial charge in [0.1, 0.15) is 16.6 Å². The van der Waals surface area contributed by atoms with Crippen LogP contribution in [0.2, 0.25) is 0 Å². The van der Waals surface area contributed by atoms with Crippen LogP contribution in [0.1, 0.15) is 12.0 Å². The number of halogens is 1. The molecule has 1 aromatic rings. The van der Waals surface area contributed by atoms with Gasteiger partial charge in [0, 0.05) is 20.0 Å². The summed E-state index contributed by atoms with van der Waals surface area (Å²) >= 11 is 4.79. The Kier molecular flexibility index (Phi) is 3.47. The predicted molar refractivity (Wildman–Crippen MR) is 69.0 cm³/mol. The van der Waals surface area contributed by atoms with Gasteiger partial charge in [0.05, 0.1) is 5.56 Å². The molecule has 4 nitrogen and oxygen atoms in total. The number of benzene rings is 1. The van der Waals surface area contributed by atoms with Crippen molar-refractivity contribution in [2.24, 2.45) is 5.73 Å². The fourth-order valence-electron chi connectivity index (χ4n) is 1.89. The Hall–Kier alpha value is -1.69. The van der Waals surface area contributed by atoms with Gasteiger partial charge in [-0.1, -0.05) is 18.3 Å². The Bertz CT molecular complexity index is 507. The van der Waals surface area contributed by atoms with Crippen LogP contribution in [-0.2, 0) is 4.79 Å². The molecule has 0 aliphatic carbocycles. The molecule has 0 spiro atoms. The van der Waals surface area contributed by atoms with E-state index >= 15 is 0 Å². The van der Waals surface area contributed by atoms with Crippen molar-refractivity contribution in [3.05, 3.63) is 29.6 Å². The van der Waals surface area contributed by atoms with Crippen molar-refractivity contribution in [1.82, 2.24) is 4.90 Å². The van der Waals surface area contributed by atoms with Crippen molar-refractivity contribution in [2.45, 2.75) is 12.5 Å². The average molecular weight is 268 g/mol. The van der Waals surface area contributed by atoms with Crippen LogP contribution >= 0.6 is 12.2 Å². The molecule has 1 fully saturated rings.